The summed E-state index contributed by atoms with van der Waals surface area (Å²) in [7, 11) is 1.34. The van der Waals surface area contributed by atoms with E-state index in [2.05, 4.69) is 9.72 Å². The van der Waals surface area contributed by atoms with E-state index in [1.165, 1.54) is 13.5 Å². The van der Waals surface area contributed by atoms with Gasteiger partial charge in [-0.1, -0.05) is 6.07 Å². The Kier molecular flexibility index (Phi) is 3.39. The molecule has 2 rings (SSSR count). The molecule has 1 aromatic carbocycles. The lowest BCUT2D eigenvalue weighted by Gasteiger charge is -2.08. The summed E-state index contributed by atoms with van der Waals surface area (Å²) in [6.07, 6.45) is 2.66. The summed E-state index contributed by atoms with van der Waals surface area (Å²) in [4.78, 5) is 15.2. The van der Waals surface area contributed by atoms with Gasteiger partial charge < -0.3 is 14.9 Å². The van der Waals surface area contributed by atoms with Crippen LogP contribution in [0.1, 0.15) is 12.0 Å². The molecule has 1 atom stereocenters. The van der Waals surface area contributed by atoms with Gasteiger partial charge in [-0.3, -0.25) is 4.79 Å². The molecule has 2 N–H and O–H groups in total. The number of aryl methyl sites for hydroxylation is 1. The molecule has 1 heterocycles. The second kappa shape index (κ2) is 4.97. The summed E-state index contributed by atoms with van der Waals surface area (Å²) in [5, 5.41) is 0. The molecule has 0 fully saturated rings. The molecule has 1 aromatic heterocycles. The van der Waals surface area contributed by atoms with E-state index in [4.69, 9.17) is 10.2 Å². The van der Waals surface area contributed by atoms with Gasteiger partial charge in [0.05, 0.1) is 7.11 Å². The van der Waals surface area contributed by atoms with E-state index in [1.807, 2.05) is 18.2 Å². The van der Waals surface area contributed by atoms with Crippen molar-refractivity contribution in [2.24, 2.45) is 5.73 Å². The molecule has 5 heteroatoms. The molecule has 90 valence electrons. The van der Waals surface area contributed by atoms with Gasteiger partial charge in [0.2, 0.25) is 0 Å². The Hall–Kier alpha value is -1.88. The van der Waals surface area contributed by atoms with E-state index in [9.17, 15) is 4.79 Å². The molecule has 0 aliphatic heterocycles. The van der Waals surface area contributed by atoms with Crippen LogP contribution in [0.5, 0.6) is 0 Å². The van der Waals surface area contributed by atoms with E-state index in [1.54, 1.807) is 0 Å². The third-order valence-electron chi connectivity index (χ3n) is 2.64. The van der Waals surface area contributed by atoms with Crippen LogP contribution in [0, 0.1) is 0 Å². The van der Waals surface area contributed by atoms with Crippen molar-refractivity contribution in [1.82, 2.24) is 4.98 Å². The smallest absolute Gasteiger partial charge is 0.322 e. The quantitative estimate of drug-likeness (QED) is 0.806. The molecular formula is C12H14N2O3. The maximum atomic E-state index is 11.1. The van der Waals surface area contributed by atoms with Gasteiger partial charge in [-0.25, -0.2) is 4.98 Å². The topological polar surface area (TPSA) is 78.4 Å². The number of hydrogen-bond donors (Lipinski definition) is 1. The van der Waals surface area contributed by atoms with E-state index in [0.29, 0.717) is 12.8 Å². The van der Waals surface area contributed by atoms with Crippen LogP contribution >= 0.6 is 0 Å². The molecule has 5 nitrogen and oxygen atoms in total. The minimum Gasteiger partial charge on any atom is -0.468 e. The number of fused-ring (bicyclic) bond motifs is 1. The summed E-state index contributed by atoms with van der Waals surface area (Å²) in [6, 6.07) is 5.17. The molecule has 0 bridgehead atoms. The van der Waals surface area contributed by atoms with Crippen molar-refractivity contribution in [2.45, 2.75) is 18.9 Å². The second-order valence-corrected chi connectivity index (χ2v) is 3.82. The van der Waals surface area contributed by atoms with Gasteiger partial charge in [0.15, 0.2) is 12.0 Å². The number of hydrogen-bond acceptors (Lipinski definition) is 5. The highest BCUT2D eigenvalue weighted by molar-refractivity contribution is 5.75. The van der Waals surface area contributed by atoms with Crippen LogP contribution < -0.4 is 5.73 Å². The van der Waals surface area contributed by atoms with Crippen molar-refractivity contribution in [3.05, 3.63) is 30.2 Å². The Bertz CT molecular complexity index is 521. The van der Waals surface area contributed by atoms with Crippen molar-refractivity contribution in [3.63, 3.8) is 0 Å². The minimum absolute atomic E-state index is 0.384. The summed E-state index contributed by atoms with van der Waals surface area (Å²) < 4.78 is 9.77. The van der Waals surface area contributed by atoms with Crippen LogP contribution in [0.15, 0.2) is 29.0 Å². The zero-order valence-electron chi connectivity index (χ0n) is 9.55. The summed E-state index contributed by atoms with van der Waals surface area (Å²) in [5.74, 6) is -0.384. The fraction of sp³-hybridized carbons (Fsp3) is 0.333. The fourth-order valence-corrected chi connectivity index (χ4v) is 1.65. The Labute approximate surface area is 98.6 Å². The average Bonchev–Trinajstić information content (AvgIpc) is 2.82. The van der Waals surface area contributed by atoms with Crippen molar-refractivity contribution < 1.29 is 13.9 Å². The number of carbonyl (C=O) groups excluding carboxylic acids is 1. The Balaban J connectivity index is 2.01. The van der Waals surface area contributed by atoms with Crippen molar-refractivity contribution in [1.29, 1.82) is 0 Å². The van der Waals surface area contributed by atoms with Crippen LogP contribution in [0.4, 0.5) is 0 Å². The van der Waals surface area contributed by atoms with E-state index in [-0.39, 0.29) is 5.97 Å². The van der Waals surface area contributed by atoms with Crippen molar-refractivity contribution in [2.75, 3.05) is 7.11 Å². The summed E-state index contributed by atoms with van der Waals surface area (Å²) in [6.45, 7) is 0. The Morgan fingerprint density at radius 1 is 1.59 bits per heavy atom. The number of benzene rings is 1. The minimum atomic E-state index is -0.578. The van der Waals surface area contributed by atoms with Gasteiger partial charge in [0.1, 0.15) is 11.6 Å². The molecule has 17 heavy (non-hydrogen) atoms. The monoisotopic (exact) mass is 234 g/mol. The predicted octanol–water partition coefficient (Wildman–Crippen LogP) is 1.26. The third-order valence-corrected chi connectivity index (χ3v) is 2.64. The third kappa shape index (κ3) is 2.62. The molecule has 0 saturated heterocycles. The van der Waals surface area contributed by atoms with Gasteiger partial charge in [-0.05, 0) is 30.5 Å². The SMILES string of the molecule is COC(=O)C(N)CCc1ccc2ncoc2c1. The maximum Gasteiger partial charge on any atom is 0.322 e. The van der Waals surface area contributed by atoms with Crippen LogP contribution in [0.25, 0.3) is 11.1 Å². The molecule has 0 spiro atoms. The maximum absolute atomic E-state index is 11.1. The first-order valence-electron chi connectivity index (χ1n) is 5.36. The summed E-state index contributed by atoms with van der Waals surface area (Å²) in [5.41, 5.74) is 8.29. The van der Waals surface area contributed by atoms with E-state index < -0.39 is 6.04 Å². The Morgan fingerprint density at radius 3 is 3.18 bits per heavy atom. The van der Waals surface area contributed by atoms with Gasteiger partial charge in [-0.15, -0.1) is 0 Å². The number of carbonyl (C=O) groups is 1. The van der Waals surface area contributed by atoms with Crippen LogP contribution in [-0.2, 0) is 16.0 Å². The highest BCUT2D eigenvalue weighted by Gasteiger charge is 2.13. The number of aromatic nitrogens is 1. The lowest BCUT2D eigenvalue weighted by Crippen LogP contribution is -2.31. The molecule has 0 saturated carbocycles. The zero-order valence-corrected chi connectivity index (χ0v) is 9.55. The standard InChI is InChI=1S/C12H14N2O3/c1-16-12(15)9(13)4-2-8-3-5-10-11(6-8)17-7-14-10/h3,5-7,9H,2,4,13H2,1H3. The molecule has 2 aromatic rings. The molecule has 0 radical (unpaired) electrons. The number of rotatable bonds is 4. The molecule has 0 aliphatic rings. The highest BCUT2D eigenvalue weighted by atomic mass is 16.5. The number of methoxy groups -OCH3 is 1. The molecule has 0 aliphatic carbocycles. The number of esters is 1. The van der Waals surface area contributed by atoms with Gasteiger partial charge in [-0.2, -0.15) is 0 Å². The Morgan fingerprint density at radius 2 is 2.41 bits per heavy atom. The molecule has 1 unspecified atom stereocenters. The first kappa shape index (κ1) is 11.6. The number of ether oxygens (including phenoxy) is 1. The normalized spacial score (nSPS) is 12.6. The fourth-order valence-electron chi connectivity index (χ4n) is 1.65. The second-order valence-electron chi connectivity index (χ2n) is 3.82. The first-order chi connectivity index (χ1) is 8.20. The van der Waals surface area contributed by atoms with E-state index >= 15 is 0 Å². The van der Waals surface area contributed by atoms with Crippen molar-refractivity contribution in [3.8, 4) is 0 Å². The number of oxazole rings is 1. The van der Waals surface area contributed by atoms with Crippen LogP contribution in [0.2, 0.25) is 0 Å². The van der Waals surface area contributed by atoms with Gasteiger partial charge in [0.25, 0.3) is 0 Å². The van der Waals surface area contributed by atoms with Gasteiger partial charge >= 0.3 is 5.97 Å². The number of nitrogens with two attached hydrogens (primary N) is 1. The average molecular weight is 234 g/mol. The summed E-state index contributed by atoms with van der Waals surface area (Å²) >= 11 is 0. The van der Waals surface area contributed by atoms with E-state index in [0.717, 1.165) is 16.7 Å². The van der Waals surface area contributed by atoms with Crippen molar-refractivity contribution >= 4 is 17.1 Å². The van der Waals surface area contributed by atoms with Crippen LogP contribution in [-0.4, -0.2) is 24.1 Å². The molecular weight excluding hydrogens is 220 g/mol. The number of nitrogens with zero attached hydrogens (tertiary/aromatic N) is 1. The largest absolute Gasteiger partial charge is 0.468 e. The first-order valence-corrected chi connectivity index (χ1v) is 5.36. The van der Waals surface area contributed by atoms with Crippen LogP contribution in [0.3, 0.4) is 0 Å². The predicted molar refractivity (Wildman–Crippen MR) is 62.3 cm³/mol. The highest BCUT2D eigenvalue weighted by Crippen LogP contribution is 2.15. The lowest BCUT2D eigenvalue weighted by molar-refractivity contribution is -0.142. The molecule has 0 amide bonds. The zero-order chi connectivity index (χ0) is 12.3. The lowest BCUT2D eigenvalue weighted by atomic mass is 10.1. The van der Waals surface area contributed by atoms with Gasteiger partial charge in [0, 0.05) is 0 Å².